The van der Waals surface area contributed by atoms with Crippen molar-refractivity contribution in [2.45, 2.75) is 50.7 Å². The van der Waals surface area contributed by atoms with Crippen LogP contribution in [0.25, 0.3) is 0 Å². The number of benzene rings is 2. The highest BCUT2D eigenvalue weighted by molar-refractivity contribution is 5.36. The number of hydrogen-bond donors (Lipinski definition) is 2. The normalized spacial score (nSPS) is 14.5. The fourth-order valence-electron chi connectivity index (χ4n) is 3.00. The Bertz CT molecular complexity index is 521. The number of hydrogen-bond acceptors (Lipinski definition) is 2. The van der Waals surface area contributed by atoms with Gasteiger partial charge in [0, 0.05) is 6.42 Å². The van der Waals surface area contributed by atoms with Crippen LogP contribution in [0.1, 0.15) is 50.7 Å². The first-order valence-corrected chi connectivity index (χ1v) is 8.04. The van der Waals surface area contributed by atoms with Gasteiger partial charge in [-0.1, -0.05) is 80.4 Å². The largest absolute Gasteiger partial charge is 0.390 e. The number of aliphatic hydroxyl groups is 2. The molecule has 0 heterocycles. The highest BCUT2D eigenvalue weighted by Gasteiger charge is 2.38. The van der Waals surface area contributed by atoms with Crippen molar-refractivity contribution in [2.75, 3.05) is 0 Å². The van der Waals surface area contributed by atoms with Crippen molar-refractivity contribution < 1.29 is 10.2 Å². The van der Waals surface area contributed by atoms with Gasteiger partial charge in [0.25, 0.3) is 0 Å². The first kappa shape index (κ1) is 16.7. The summed E-state index contributed by atoms with van der Waals surface area (Å²) in [6, 6.07) is 19.2. The molecule has 22 heavy (non-hydrogen) atoms. The molecule has 0 aliphatic carbocycles. The average Bonchev–Trinajstić information content (AvgIpc) is 2.54. The predicted molar refractivity (Wildman–Crippen MR) is 90.6 cm³/mol. The van der Waals surface area contributed by atoms with E-state index in [0.717, 1.165) is 24.0 Å². The summed E-state index contributed by atoms with van der Waals surface area (Å²) >= 11 is 0. The van der Waals surface area contributed by atoms with Gasteiger partial charge < -0.3 is 10.2 Å². The summed E-state index contributed by atoms with van der Waals surface area (Å²) in [5.41, 5.74) is -0.452. The lowest BCUT2D eigenvalue weighted by Gasteiger charge is -2.36. The van der Waals surface area contributed by atoms with Gasteiger partial charge in [-0.15, -0.1) is 0 Å². The van der Waals surface area contributed by atoms with Gasteiger partial charge in [-0.2, -0.15) is 0 Å². The molecule has 2 nitrogen and oxygen atoms in total. The van der Waals surface area contributed by atoms with E-state index in [1.807, 2.05) is 67.6 Å². The number of rotatable bonds is 7. The molecule has 0 aliphatic rings. The first-order chi connectivity index (χ1) is 10.5. The lowest BCUT2D eigenvalue weighted by Crippen LogP contribution is -2.38. The minimum Gasteiger partial charge on any atom is -0.390 e. The van der Waals surface area contributed by atoms with E-state index < -0.39 is 11.2 Å². The Balaban J connectivity index is 2.39. The quantitative estimate of drug-likeness (QED) is 0.802. The van der Waals surface area contributed by atoms with Crippen LogP contribution in [0, 0.1) is 0 Å². The molecule has 1 atom stereocenters. The molecule has 0 radical (unpaired) electrons. The molecule has 0 aliphatic heterocycles. The van der Waals surface area contributed by atoms with E-state index in [2.05, 4.69) is 6.92 Å². The second-order valence-corrected chi connectivity index (χ2v) is 6.37. The molecule has 2 rings (SSSR count). The Morgan fingerprint density at radius 3 is 1.68 bits per heavy atom. The molecule has 0 bridgehead atoms. The van der Waals surface area contributed by atoms with E-state index in [1.54, 1.807) is 0 Å². The molecule has 2 aromatic rings. The van der Waals surface area contributed by atoms with Gasteiger partial charge in [0.1, 0.15) is 5.60 Å². The van der Waals surface area contributed by atoms with Gasteiger partial charge in [0.2, 0.25) is 0 Å². The lowest BCUT2D eigenvalue weighted by molar-refractivity contribution is -0.0422. The highest BCUT2D eigenvalue weighted by atomic mass is 16.3. The maximum atomic E-state index is 11.4. The van der Waals surface area contributed by atoms with E-state index in [-0.39, 0.29) is 6.42 Å². The van der Waals surface area contributed by atoms with Crippen LogP contribution < -0.4 is 0 Å². The van der Waals surface area contributed by atoms with Crippen LogP contribution in [0.3, 0.4) is 0 Å². The van der Waals surface area contributed by atoms with Gasteiger partial charge in [-0.25, -0.2) is 0 Å². The fourth-order valence-corrected chi connectivity index (χ4v) is 3.00. The van der Waals surface area contributed by atoms with Crippen LogP contribution in [-0.2, 0) is 5.60 Å². The molecule has 0 aromatic heterocycles. The Kier molecular flexibility index (Phi) is 5.38. The van der Waals surface area contributed by atoms with Gasteiger partial charge in [0.15, 0.2) is 0 Å². The molecule has 2 heteroatoms. The third kappa shape index (κ3) is 3.96. The minimum absolute atomic E-state index is 0.286. The van der Waals surface area contributed by atoms with E-state index >= 15 is 0 Å². The van der Waals surface area contributed by atoms with Crippen LogP contribution in [0.4, 0.5) is 0 Å². The predicted octanol–water partition coefficient (Wildman–Crippen LogP) is 4.25. The Hall–Kier alpha value is -1.64. The van der Waals surface area contributed by atoms with Crippen molar-refractivity contribution in [1.82, 2.24) is 0 Å². The molecule has 0 spiro atoms. The second-order valence-electron chi connectivity index (χ2n) is 6.37. The Labute approximate surface area is 133 Å². The van der Waals surface area contributed by atoms with E-state index in [4.69, 9.17) is 0 Å². The van der Waals surface area contributed by atoms with Crippen molar-refractivity contribution >= 4 is 0 Å². The van der Waals surface area contributed by atoms with Crippen molar-refractivity contribution in [3.8, 4) is 0 Å². The Morgan fingerprint density at radius 2 is 1.27 bits per heavy atom. The van der Waals surface area contributed by atoms with Crippen LogP contribution in [-0.4, -0.2) is 15.8 Å². The van der Waals surface area contributed by atoms with Crippen molar-refractivity contribution in [3.63, 3.8) is 0 Å². The van der Waals surface area contributed by atoms with Gasteiger partial charge in [-0.05, 0) is 24.5 Å². The molecule has 0 fully saturated rings. The number of unbranched alkanes of at least 4 members (excludes halogenated alkanes) is 1. The zero-order valence-corrected chi connectivity index (χ0v) is 13.5. The summed E-state index contributed by atoms with van der Waals surface area (Å²) in [5.74, 6) is 0. The fraction of sp³-hybridized carbons (Fsp3) is 0.400. The van der Waals surface area contributed by atoms with Crippen LogP contribution >= 0.6 is 0 Å². The molecule has 0 saturated carbocycles. The van der Waals surface area contributed by atoms with Crippen LogP contribution in [0.2, 0.25) is 0 Å². The molecular formula is C20H26O2. The molecule has 0 saturated heterocycles. The summed E-state index contributed by atoms with van der Waals surface area (Å²) in [7, 11) is 0. The van der Waals surface area contributed by atoms with Crippen molar-refractivity contribution in [2.24, 2.45) is 0 Å². The smallest absolute Gasteiger partial charge is 0.117 e. The standard InChI is InChI=1S/C20H26O2/c1-3-4-15-19(2,21)16-20(22,17-11-7-5-8-12-17)18-13-9-6-10-14-18/h5-14,21-22H,3-4,15-16H2,1-2H3. The molecule has 2 N–H and O–H groups in total. The summed E-state index contributed by atoms with van der Waals surface area (Å²) in [4.78, 5) is 0. The monoisotopic (exact) mass is 298 g/mol. The van der Waals surface area contributed by atoms with E-state index in [9.17, 15) is 10.2 Å². The van der Waals surface area contributed by atoms with Gasteiger partial charge >= 0.3 is 0 Å². The molecular weight excluding hydrogens is 272 g/mol. The van der Waals surface area contributed by atoms with Gasteiger partial charge in [-0.3, -0.25) is 0 Å². The molecule has 1 unspecified atom stereocenters. The average molecular weight is 298 g/mol. The topological polar surface area (TPSA) is 40.5 Å². The van der Waals surface area contributed by atoms with Crippen LogP contribution in [0.15, 0.2) is 60.7 Å². The van der Waals surface area contributed by atoms with Crippen molar-refractivity contribution in [3.05, 3.63) is 71.8 Å². The van der Waals surface area contributed by atoms with Crippen LogP contribution in [0.5, 0.6) is 0 Å². The minimum atomic E-state index is -1.18. The van der Waals surface area contributed by atoms with Gasteiger partial charge in [0.05, 0.1) is 5.60 Å². The summed E-state index contributed by atoms with van der Waals surface area (Å²) in [6.07, 6.45) is 2.96. The summed E-state index contributed by atoms with van der Waals surface area (Å²) < 4.78 is 0. The maximum absolute atomic E-state index is 11.4. The third-order valence-corrected chi connectivity index (χ3v) is 4.21. The molecule has 0 amide bonds. The highest BCUT2D eigenvalue weighted by Crippen LogP contribution is 2.38. The zero-order valence-electron chi connectivity index (χ0n) is 13.5. The van der Waals surface area contributed by atoms with Crippen molar-refractivity contribution in [1.29, 1.82) is 0 Å². The molecule has 118 valence electrons. The lowest BCUT2D eigenvalue weighted by atomic mass is 9.76. The summed E-state index contributed by atoms with van der Waals surface area (Å²) in [6.45, 7) is 3.93. The zero-order chi connectivity index (χ0) is 16.1. The third-order valence-electron chi connectivity index (χ3n) is 4.21. The molecule has 2 aromatic carbocycles. The first-order valence-electron chi connectivity index (χ1n) is 8.04. The summed E-state index contributed by atoms with van der Waals surface area (Å²) in [5, 5.41) is 22.2. The second kappa shape index (κ2) is 7.08. The maximum Gasteiger partial charge on any atom is 0.117 e. The SMILES string of the molecule is CCCCC(C)(O)CC(O)(c1ccccc1)c1ccccc1. The van der Waals surface area contributed by atoms with E-state index in [1.165, 1.54) is 0 Å². The van der Waals surface area contributed by atoms with E-state index in [0.29, 0.717) is 6.42 Å². The Morgan fingerprint density at radius 1 is 0.818 bits per heavy atom.